The largest absolute Gasteiger partial charge is 0.493 e. The van der Waals surface area contributed by atoms with E-state index in [1.165, 1.54) is 5.56 Å². The van der Waals surface area contributed by atoms with E-state index >= 15 is 0 Å². The van der Waals surface area contributed by atoms with Crippen LogP contribution in [-0.2, 0) is 16.0 Å². The fourth-order valence-electron chi connectivity index (χ4n) is 2.25. The molecule has 0 spiro atoms. The van der Waals surface area contributed by atoms with Crippen molar-refractivity contribution in [2.45, 2.75) is 25.8 Å². The van der Waals surface area contributed by atoms with Crippen LogP contribution >= 0.6 is 0 Å². The Hall–Kier alpha value is -2.82. The molecule has 0 fully saturated rings. The van der Waals surface area contributed by atoms with Crippen LogP contribution in [0.1, 0.15) is 30.5 Å². The highest BCUT2D eigenvalue weighted by Crippen LogP contribution is 2.14. The number of nitrogens with one attached hydrogen (secondary N) is 1. The molecule has 0 aromatic heterocycles. The zero-order valence-corrected chi connectivity index (χ0v) is 13.6. The summed E-state index contributed by atoms with van der Waals surface area (Å²) >= 11 is 0. The van der Waals surface area contributed by atoms with Crippen LogP contribution in [0.25, 0.3) is 0 Å². The van der Waals surface area contributed by atoms with Gasteiger partial charge in [-0.15, -0.1) is 0 Å². The molecule has 126 valence electrons. The van der Waals surface area contributed by atoms with E-state index in [4.69, 9.17) is 4.74 Å². The van der Waals surface area contributed by atoms with Crippen LogP contribution in [-0.4, -0.2) is 23.6 Å². The lowest BCUT2D eigenvalue weighted by atomic mass is 10.1. The first-order valence-electron chi connectivity index (χ1n) is 7.89. The van der Waals surface area contributed by atoms with Crippen molar-refractivity contribution in [1.29, 1.82) is 0 Å². The van der Waals surface area contributed by atoms with E-state index in [9.17, 15) is 14.7 Å². The predicted molar refractivity (Wildman–Crippen MR) is 90.9 cm³/mol. The first-order valence-corrected chi connectivity index (χ1v) is 7.89. The van der Waals surface area contributed by atoms with Gasteiger partial charge < -0.3 is 15.2 Å². The van der Waals surface area contributed by atoms with Gasteiger partial charge in [0, 0.05) is 0 Å². The molecule has 0 saturated carbocycles. The van der Waals surface area contributed by atoms with E-state index in [0.717, 1.165) is 6.42 Å². The molecule has 0 saturated heterocycles. The van der Waals surface area contributed by atoms with Gasteiger partial charge in [-0.1, -0.05) is 49.4 Å². The molecule has 0 aliphatic heterocycles. The van der Waals surface area contributed by atoms with Crippen LogP contribution in [0, 0.1) is 0 Å². The number of ether oxygens (including phenoxy) is 1. The fraction of sp³-hybridized carbons (Fsp3) is 0.263. The molecule has 0 bridgehead atoms. The third kappa shape index (κ3) is 5.12. The molecule has 0 radical (unpaired) electrons. The molecule has 0 unspecified atom stereocenters. The standard InChI is InChI=1S/C19H21NO4/c1-2-14-8-10-16(11-9-14)24-13-12-17(21)20-18(19(22)23)15-6-4-3-5-7-15/h3-11,18H,2,12-13H2,1H3,(H,20,21)(H,22,23)/t18-/m0/s1. The monoisotopic (exact) mass is 327 g/mol. The molecule has 0 aliphatic rings. The highest BCUT2D eigenvalue weighted by atomic mass is 16.5. The maximum absolute atomic E-state index is 12.0. The summed E-state index contributed by atoms with van der Waals surface area (Å²) in [5.41, 5.74) is 1.75. The summed E-state index contributed by atoms with van der Waals surface area (Å²) in [7, 11) is 0. The van der Waals surface area contributed by atoms with Gasteiger partial charge in [0.15, 0.2) is 6.04 Å². The number of aliphatic carboxylic acids is 1. The normalized spacial score (nSPS) is 11.5. The van der Waals surface area contributed by atoms with Crippen LogP contribution in [0.2, 0.25) is 0 Å². The minimum atomic E-state index is -1.09. The number of amides is 1. The van der Waals surface area contributed by atoms with Gasteiger partial charge in [0.2, 0.25) is 5.91 Å². The van der Waals surface area contributed by atoms with E-state index in [1.807, 2.05) is 24.3 Å². The lowest BCUT2D eigenvalue weighted by Crippen LogP contribution is -2.34. The lowest BCUT2D eigenvalue weighted by molar-refractivity contribution is -0.142. The van der Waals surface area contributed by atoms with Gasteiger partial charge in [-0.3, -0.25) is 4.79 Å². The van der Waals surface area contributed by atoms with Gasteiger partial charge in [0.1, 0.15) is 5.75 Å². The number of carbonyl (C=O) groups excluding carboxylic acids is 1. The molecule has 1 amide bonds. The Morgan fingerprint density at radius 3 is 2.33 bits per heavy atom. The number of carboxylic acids is 1. The van der Waals surface area contributed by atoms with Gasteiger partial charge in [0.25, 0.3) is 0 Å². The van der Waals surface area contributed by atoms with Crippen LogP contribution in [0.5, 0.6) is 5.75 Å². The molecule has 5 nitrogen and oxygen atoms in total. The van der Waals surface area contributed by atoms with E-state index in [1.54, 1.807) is 30.3 Å². The molecule has 24 heavy (non-hydrogen) atoms. The second-order valence-electron chi connectivity index (χ2n) is 5.35. The second-order valence-corrected chi connectivity index (χ2v) is 5.35. The summed E-state index contributed by atoms with van der Waals surface area (Å²) in [6.45, 7) is 2.27. The van der Waals surface area contributed by atoms with Crippen LogP contribution in [0.4, 0.5) is 0 Å². The lowest BCUT2D eigenvalue weighted by Gasteiger charge is -2.15. The van der Waals surface area contributed by atoms with Crippen molar-refractivity contribution in [3.8, 4) is 5.75 Å². The minimum Gasteiger partial charge on any atom is -0.493 e. The number of carbonyl (C=O) groups is 2. The summed E-state index contributed by atoms with van der Waals surface area (Å²) in [6.07, 6.45) is 1.05. The number of aryl methyl sites for hydroxylation is 1. The first kappa shape index (κ1) is 17.5. The Bertz CT molecular complexity index is 668. The van der Waals surface area contributed by atoms with E-state index in [2.05, 4.69) is 12.2 Å². The average Bonchev–Trinajstić information content (AvgIpc) is 2.61. The first-order chi connectivity index (χ1) is 11.6. The van der Waals surface area contributed by atoms with Crippen molar-refractivity contribution in [1.82, 2.24) is 5.32 Å². The second kappa shape index (κ2) is 8.72. The van der Waals surface area contributed by atoms with Crippen molar-refractivity contribution in [2.75, 3.05) is 6.61 Å². The van der Waals surface area contributed by atoms with Crippen molar-refractivity contribution in [3.05, 3.63) is 65.7 Å². The van der Waals surface area contributed by atoms with E-state index < -0.39 is 12.0 Å². The van der Waals surface area contributed by atoms with Crippen molar-refractivity contribution in [3.63, 3.8) is 0 Å². The highest BCUT2D eigenvalue weighted by Gasteiger charge is 2.21. The summed E-state index contributed by atoms with van der Waals surface area (Å²) < 4.78 is 5.52. The smallest absolute Gasteiger partial charge is 0.330 e. The van der Waals surface area contributed by atoms with E-state index in [0.29, 0.717) is 11.3 Å². The number of hydrogen-bond acceptors (Lipinski definition) is 3. The zero-order chi connectivity index (χ0) is 17.4. The van der Waals surface area contributed by atoms with Gasteiger partial charge in [-0.2, -0.15) is 0 Å². The molecule has 5 heteroatoms. The Morgan fingerprint density at radius 1 is 1.08 bits per heavy atom. The molecule has 0 heterocycles. The fourth-order valence-corrected chi connectivity index (χ4v) is 2.25. The summed E-state index contributed by atoms with van der Waals surface area (Å²) in [5, 5.41) is 11.8. The highest BCUT2D eigenvalue weighted by molar-refractivity contribution is 5.84. The van der Waals surface area contributed by atoms with Crippen LogP contribution in [0.3, 0.4) is 0 Å². The number of carboxylic acid groups (broad SMARTS) is 1. The Kier molecular flexibility index (Phi) is 6.37. The molecular formula is C19H21NO4. The zero-order valence-electron chi connectivity index (χ0n) is 13.6. The molecular weight excluding hydrogens is 306 g/mol. The summed E-state index contributed by atoms with van der Waals surface area (Å²) in [6, 6.07) is 15.2. The van der Waals surface area contributed by atoms with Gasteiger partial charge in [-0.25, -0.2) is 4.79 Å². The number of benzene rings is 2. The maximum atomic E-state index is 12.0. The average molecular weight is 327 g/mol. The molecule has 2 rings (SSSR count). The van der Waals surface area contributed by atoms with E-state index in [-0.39, 0.29) is 18.9 Å². The maximum Gasteiger partial charge on any atom is 0.330 e. The van der Waals surface area contributed by atoms with Crippen molar-refractivity contribution in [2.24, 2.45) is 0 Å². The third-order valence-electron chi connectivity index (χ3n) is 3.61. The third-order valence-corrected chi connectivity index (χ3v) is 3.61. The van der Waals surface area contributed by atoms with Gasteiger partial charge in [0.05, 0.1) is 13.0 Å². The summed E-state index contributed by atoms with van der Waals surface area (Å²) in [5.74, 6) is -0.764. The van der Waals surface area contributed by atoms with Crippen molar-refractivity contribution < 1.29 is 19.4 Å². The molecule has 2 aromatic carbocycles. The molecule has 2 aromatic rings. The predicted octanol–water partition coefficient (Wildman–Crippen LogP) is 2.96. The summed E-state index contributed by atoms with van der Waals surface area (Å²) in [4.78, 5) is 23.3. The quantitative estimate of drug-likeness (QED) is 0.781. The Morgan fingerprint density at radius 2 is 1.75 bits per heavy atom. The van der Waals surface area contributed by atoms with Gasteiger partial charge in [-0.05, 0) is 29.7 Å². The topological polar surface area (TPSA) is 75.6 Å². The molecule has 1 atom stereocenters. The SMILES string of the molecule is CCc1ccc(OCCC(=O)N[C@H](C(=O)O)c2ccccc2)cc1. The van der Waals surface area contributed by atoms with Crippen molar-refractivity contribution >= 4 is 11.9 Å². The number of rotatable bonds is 8. The molecule has 0 aliphatic carbocycles. The Labute approximate surface area is 141 Å². The van der Waals surface area contributed by atoms with Crippen LogP contribution < -0.4 is 10.1 Å². The van der Waals surface area contributed by atoms with Gasteiger partial charge >= 0.3 is 5.97 Å². The number of hydrogen-bond donors (Lipinski definition) is 2. The Balaban J connectivity index is 1.84. The molecule has 2 N–H and O–H groups in total. The minimum absolute atomic E-state index is 0.0894. The van der Waals surface area contributed by atoms with Crippen LogP contribution in [0.15, 0.2) is 54.6 Å².